The summed E-state index contributed by atoms with van der Waals surface area (Å²) in [7, 11) is 1.58. The summed E-state index contributed by atoms with van der Waals surface area (Å²) in [6.07, 6.45) is 2.32. The largest absolute Gasteiger partial charge is 0.497 e. The number of benzene rings is 2. The van der Waals surface area contributed by atoms with E-state index < -0.39 is 6.04 Å². The molecular weight excluding hydrogens is 436 g/mol. The SMILES string of the molecule is COc1ccc(NC(=O)C[C@H]2C(=O)N(c3ccccc3)C(=S)N2CCc2ccccn2)cc1. The van der Waals surface area contributed by atoms with Crippen LogP contribution in [0.15, 0.2) is 79.0 Å². The molecule has 0 unspecified atom stereocenters. The van der Waals surface area contributed by atoms with Crippen molar-refractivity contribution in [1.29, 1.82) is 0 Å². The molecule has 0 bridgehead atoms. The van der Waals surface area contributed by atoms with E-state index in [0.717, 1.165) is 5.69 Å². The zero-order valence-electron chi connectivity index (χ0n) is 18.2. The molecule has 2 heterocycles. The van der Waals surface area contributed by atoms with Crippen LogP contribution in [0.3, 0.4) is 0 Å². The van der Waals surface area contributed by atoms with E-state index in [-0.39, 0.29) is 18.2 Å². The Morgan fingerprint density at radius 3 is 2.45 bits per heavy atom. The number of anilines is 2. The number of carbonyl (C=O) groups is 2. The predicted molar refractivity (Wildman–Crippen MR) is 131 cm³/mol. The van der Waals surface area contributed by atoms with Crippen molar-refractivity contribution in [2.45, 2.75) is 18.9 Å². The Morgan fingerprint density at radius 2 is 1.79 bits per heavy atom. The molecule has 1 aliphatic heterocycles. The molecule has 2 aromatic carbocycles. The maximum atomic E-state index is 13.4. The number of ether oxygens (including phenoxy) is 1. The summed E-state index contributed by atoms with van der Waals surface area (Å²) in [6.45, 7) is 0.478. The fraction of sp³-hybridized carbons (Fsp3) is 0.200. The summed E-state index contributed by atoms with van der Waals surface area (Å²) in [4.78, 5) is 33.9. The molecule has 2 amide bonds. The second kappa shape index (κ2) is 10.2. The van der Waals surface area contributed by atoms with Gasteiger partial charge in [-0.15, -0.1) is 0 Å². The molecule has 3 aromatic rings. The number of para-hydroxylation sites is 1. The summed E-state index contributed by atoms with van der Waals surface area (Å²) in [6, 6.07) is 21.3. The lowest BCUT2D eigenvalue weighted by atomic mass is 10.1. The fourth-order valence-corrected chi connectivity index (χ4v) is 4.16. The van der Waals surface area contributed by atoms with Gasteiger partial charge in [0.1, 0.15) is 11.8 Å². The van der Waals surface area contributed by atoms with E-state index in [1.165, 1.54) is 4.90 Å². The minimum Gasteiger partial charge on any atom is -0.497 e. The first-order chi connectivity index (χ1) is 16.1. The number of amides is 2. The normalized spacial score (nSPS) is 15.6. The molecule has 1 N–H and O–H groups in total. The smallest absolute Gasteiger partial charge is 0.256 e. The van der Waals surface area contributed by atoms with Crippen molar-refractivity contribution in [1.82, 2.24) is 9.88 Å². The number of methoxy groups -OCH3 is 1. The summed E-state index contributed by atoms with van der Waals surface area (Å²) in [5.41, 5.74) is 2.22. The van der Waals surface area contributed by atoms with E-state index in [1.807, 2.05) is 53.4 Å². The number of nitrogens with one attached hydrogen (secondary N) is 1. The van der Waals surface area contributed by atoms with Gasteiger partial charge >= 0.3 is 0 Å². The number of hydrogen-bond acceptors (Lipinski definition) is 5. The first-order valence-corrected chi connectivity index (χ1v) is 11.0. The number of pyridine rings is 1. The Morgan fingerprint density at radius 1 is 1.06 bits per heavy atom. The third kappa shape index (κ3) is 5.18. The molecule has 1 aromatic heterocycles. The average molecular weight is 461 g/mol. The lowest BCUT2D eigenvalue weighted by molar-refractivity contribution is -0.124. The van der Waals surface area contributed by atoms with Crippen molar-refractivity contribution in [3.63, 3.8) is 0 Å². The van der Waals surface area contributed by atoms with Crippen LogP contribution in [0.4, 0.5) is 11.4 Å². The van der Waals surface area contributed by atoms with Crippen molar-refractivity contribution in [3.8, 4) is 5.75 Å². The molecule has 1 atom stereocenters. The lowest BCUT2D eigenvalue weighted by Crippen LogP contribution is -2.39. The highest BCUT2D eigenvalue weighted by Crippen LogP contribution is 2.27. The van der Waals surface area contributed by atoms with Gasteiger partial charge in [0.15, 0.2) is 5.11 Å². The summed E-state index contributed by atoms with van der Waals surface area (Å²) in [5, 5.41) is 3.25. The van der Waals surface area contributed by atoms with E-state index in [0.29, 0.717) is 35.2 Å². The third-order valence-corrected chi connectivity index (χ3v) is 5.84. The van der Waals surface area contributed by atoms with Crippen molar-refractivity contribution in [2.24, 2.45) is 0 Å². The highest BCUT2D eigenvalue weighted by Gasteiger charge is 2.43. The number of nitrogens with zero attached hydrogens (tertiary/aromatic N) is 3. The van der Waals surface area contributed by atoms with Crippen LogP contribution < -0.4 is 15.0 Å². The minimum atomic E-state index is -0.695. The second-order valence-corrected chi connectivity index (χ2v) is 7.92. The zero-order valence-corrected chi connectivity index (χ0v) is 19.0. The summed E-state index contributed by atoms with van der Waals surface area (Å²) >= 11 is 5.69. The minimum absolute atomic E-state index is 0.0173. The van der Waals surface area contributed by atoms with E-state index in [9.17, 15) is 9.59 Å². The van der Waals surface area contributed by atoms with Gasteiger partial charge in [0.05, 0.1) is 19.2 Å². The van der Waals surface area contributed by atoms with Crippen LogP contribution in [0.25, 0.3) is 0 Å². The van der Waals surface area contributed by atoms with Crippen LogP contribution in [0.5, 0.6) is 5.75 Å². The molecular formula is C25H24N4O3S. The van der Waals surface area contributed by atoms with Crippen LogP contribution in [-0.2, 0) is 16.0 Å². The monoisotopic (exact) mass is 460 g/mol. The second-order valence-electron chi connectivity index (χ2n) is 7.55. The lowest BCUT2D eigenvalue weighted by Gasteiger charge is -2.23. The average Bonchev–Trinajstić information content (AvgIpc) is 3.08. The van der Waals surface area contributed by atoms with Crippen LogP contribution in [0.2, 0.25) is 0 Å². The predicted octanol–water partition coefficient (Wildman–Crippen LogP) is 3.66. The molecule has 1 fully saturated rings. The highest BCUT2D eigenvalue weighted by atomic mass is 32.1. The van der Waals surface area contributed by atoms with Crippen LogP contribution >= 0.6 is 12.2 Å². The van der Waals surface area contributed by atoms with Gasteiger partial charge in [0.25, 0.3) is 5.91 Å². The Hall–Kier alpha value is -3.78. The maximum absolute atomic E-state index is 13.4. The standard InChI is InChI=1S/C25H24N4O3S/c1-32-21-12-10-19(11-13-21)27-23(30)17-22-24(31)29(20-8-3-2-4-9-20)25(33)28(22)16-14-18-7-5-6-15-26-18/h2-13,15,22H,14,16-17H2,1H3,(H,27,30)/t22-/m0/s1. The number of rotatable bonds is 8. The zero-order chi connectivity index (χ0) is 23.2. The van der Waals surface area contributed by atoms with Crippen LogP contribution in [0, 0.1) is 0 Å². The molecule has 0 aliphatic carbocycles. The molecule has 0 spiro atoms. The van der Waals surface area contributed by atoms with Crippen molar-refractivity contribution >= 4 is 40.5 Å². The van der Waals surface area contributed by atoms with Gasteiger partial charge in [-0.3, -0.25) is 19.5 Å². The van der Waals surface area contributed by atoms with Crippen molar-refractivity contribution < 1.29 is 14.3 Å². The molecule has 4 rings (SSSR count). The Bertz CT molecular complexity index is 1120. The maximum Gasteiger partial charge on any atom is 0.256 e. The van der Waals surface area contributed by atoms with Gasteiger partial charge in [-0.25, -0.2) is 0 Å². The van der Waals surface area contributed by atoms with E-state index in [2.05, 4.69) is 10.3 Å². The van der Waals surface area contributed by atoms with Gasteiger partial charge in [0.2, 0.25) is 5.91 Å². The van der Waals surface area contributed by atoms with Gasteiger partial charge in [-0.1, -0.05) is 24.3 Å². The van der Waals surface area contributed by atoms with Crippen LogP contribution in [-0.4, -0.2) is 46.5 Å². The Balaban J connectivity index is 1.52. The van der Waals surface area contributed by atoms with Gasteiger partial charge in [0, 0.05) is 30.5 Å². The van der Waals surface area contributed by atoms with Gasteiger partial charge in [-0.05, 0) is 60.7 Å². The molecule has 168 valence electrons. The Kier molecular flexibility index (Phi) is 6.95. The van der Waals surface area contributed by atoms with Crippen molar-refractivity contribution in [3.05, 3.63) is 84.7 Å². The van der Waals surface area contributed by atoms with E-state index in [1.54, 1.807) is 37.6 Å². The molecule has 8 heteroatoms. The molecule has 1 saturated heterocycles. The molecule has 1 aliphatic rings. The highest BCUT2D eigenvalue weighted by molar-refractivity contribution is 7.80. The summed E-state index contributed by atoms with van der Waals surface area (Å²) in [5.74, 6) is 0.222. The first-order valence-electron chi connectivity index (χ1n) is 10.6. The number of thiocarbonyl (C=S) groups is 1. The molecule has 7 nitrogen and oxygen atoms in total. The quantitative estimate of drug-likeness (QED) is 0.517. The first kappa shape index (κ1) is 22.4. The molecule has 0 saturated carbocycles. The van der Waals surface area contributed by atoms with Crippen LogP contribution in [0.1, 0.15) is 12.1 Å². The van der Waals surface area contributed by atoms with Gasteiger partial charge < -0.3 is 15.0 Å². The number of carbonyl (C=O) groups excluding carboxylic acids is 2. The van der Waals surface area contributed by atoms with E-state index >= 15 is 0 Å². The molecule has 0 radical (unpaired) electrons. The third-order valence-electron chi connectivity index (χ3n) is 5.42. The number of aromatic nitrogens is 1. The van der Waals surface area contributed by atoms with E-state index in [4.69, 9.17) is 17.0 Å². The van der Waals surface area contributed by atoms with Gasteiger partial charge in [-0.2, -0.15) is 0 Å². The fourth-order valence-electron chi connectivity index (χ4n) is 3.75. The Labute approximate surface area is 198 Å². The molecule has 33 heavy (non-hydrogen) atoms. The number of hydrogen-bond donors (Lipinski definition) is 1. The topological polar surface area (TPSA) is 74.8 Å². The summed E-state index contributed by atoms with van der Waals surface area (Å²) < 4.78 is 5.15. The van der Waals surface area contributed by atoms with Crippen molar-refractivity contribution in [2.75, 3.05) is 23.9 Å².